The third-order valence-electron chi connectivity index (χ3n) is 2.43. The summed E-state index contributed by atoms with van der Waals surface area (Å²) in [5, 5.41) is 2.23. The van der Waals surface area contributed by atoms with Gasteiger partial charge in [-0.15, -0.1) is 0 Å². The van der Waals surface area contributed by atoms with Crippen LogP contribution in [-0.4, -0.2) is 54.3 Å². The first kappa shape index (κ1) is 13.3. The Kier molecular flexibility index (Phi) is 5.08. The van der Waals surface area contributed by atoms with Gasteiger partial charge in [0.2, 0.25) is 11.8 Å². The lowest BCUT2D eigenvalue weighted by molar-refractivity contribution is -0.139. The van der Waals surface area contributed by atoms with Crippen LogP contribution in [0.1, 0.15) is 13.8 Å². The molecule has 1 rings (SSSR count). The van der Waals surface area contributed by atoms with Crippen LogP contribution in [0.3, 0.4) is 0 Å². The fourth-order valence-corrected chi connectivity index (χ4v) is 1.53. The van der Waals surface area contributed by atoms with Gasteiger partial charge in [-0.3, -0.25) is 9.59 Å². The molecule has 0 spiro atoms. The van der Waals surface area contributed by atoms with Gasteiger partial charge in [-0.2, -0.15) is 12.6 Å². The van der Waals surface area contributed by atoms with Crippen LogP contribution in [0.15, 0.2) is 0 Å². The van der Waals surface area contributed by atoms with Crippen LogP contribution in [-0.2, 0) is 14.3 Å². The van der Waals surface area contributed by atoms with Crippen LogP contribution >= 0.6 is 12.6 Å². The van der Waals surface area contributed by atoms with Crippen molar-refractivity contribution in [1.29, 1.82) is 0 Å². The molecule has 0 radical (unpaired) electrons. The van der Waals surface area contributed by atoms with Gasteiger partial charge in [0.25, 0.3) is 0 Å². The van der Waals surface area contributed by atoms with Crippen LogP contribution < -0.4 is 5.32 Å². The number of carbonyl (C=O) groups excluding carboxylic acids is 2. The van der Waals surface area contributed by atoms with Crippen LogP contribution in [0.5, 0.6) is 0 Å². The molecular weight excluding hydrogens is 228 g/mol. The lowest BCUT2D eigenvalue weighted by atomic mass is 10.2. The molecule has 0 aromatic rings. The Balaban J connectivity index is 2.43. The molecule has 92 valence electrons. The SMILES string of the molecule is CC(S)C(=O)NC(C)C(=O)N1CCOCC1. The molecule has 2 amide bonds. The van der Waals surface area contributed by atoms with Crippen molar-refractivity contribution in [3.05, 3.63) is 0 Å². The molecule has 1 fully saturated rings. The zero-order chi connectivity index (χ0) is 12.1. The molecule has 2 atom stereocenters. The highest BCUT2D eigenvalue weighted by Gasteiger charge is 2.24. The van der Waals surface area contributed by atoms with E-state index in [1.165, 1.54) is 0 Å². The Hall–Kier alpha value is -0.750. The zero-order valence-corrected chi connectivity index (χ0v) is 10.5. The van der Waals surface area contributed by atoms with E-state index in [0.717, 1.165) is 0 Å². The van der Waals surface area contributed by atoms with E-state index in [1.54, 1.807) is 18.7 Å². The zero-order valence-electron chi connectivity index (χ0n) is 9.60. The number of nitrogens with one attached hydrogen (secondary N) is 1. The van der Waals surface area contributed by atoms with Crippen LogP contribution in [0.25, 0.3) is 0 Å². The van der Waals surface area contributed by atoms with E-state index < -0.39 is 11.3 Å². The van der Waals surface area contributed by atoms with Crippen molar-refractivity contribution in [2.45, 2.75) is 25.1 Å². The summed E-state index contributed by atoms with van der Waals surface area (Å²) in [5.74, 6) is -0.289. The van der Waals surface area contributed by atoms with Crippen LogP contribution in [0.2, 0.25) is 0 Å². The lowest BCUT2D eigenvalue weighted by Gasteiger charge is -2.29. The van der Waals surface area contributed by atoms with Crippen LogP contribution in [0.4, 0.5) is 0 Å². The average molecular weight is 246 g/mol. The summed E-state index contributed by atoms with van der Waals surface area (Å²) >= 11 is 4.01. The Labute approximate surface area is 101 Å². The number of carbonyl (C=O) groups is 2. The molecule has 1 N–H and O–H groups in total. The number of morpholine rings is 1. The van der Waals surface area contributed by atoms with Crippen LogP contribution in [0, 0.1) is 0 Å². The number of nitrogens with zero attached hydrogens (tertiary/aromatic N) is 1. The van der Waals surface area contributed by atoms with Crippen molar-refractivity contribution >= 4 is 24.4 Å². The molecule has 6 heteroatoms. The first-order chi connectivity index (χ1) is 7.52. The van der Waals surface area contributed by atoms with E-state index in [1.807, 2.05) is 0 Å². The van der Waals surface area contributed by atoms with Crippen molar-refractivity contribution in [3.63, 3.8) is 0 Å². The molecule has 1 saturated heterocycles. The first-order valence-electron chi connectivity index (χ1n) is 5.37. The monoisotopic (exact) mass is 246 g/mol. The number of amides is 2. The Morgan fingerprint density at radius 3 is 2.38 bits per heavy atom. The van der Waals surface area contributed by atoms with E-state index in [9.17, 15) is 9.59 Å². The summed E-state index contributed by atoms with van der Waals surface area (Å²) < 4.78 is 5.16. The molecule has 1 heterocycles. The largest absolute Gasteiger partial charge is 0.378 e. The molecule has 0 saturated carbocycles. The molecule has 1 aliphatic heterocycles. The number of hydrogen-bond acceptors (Lipinski definition) is 4. The standard InChI is InChI=1S/C10H18N2O3S/c1-7(11-9(13)8(2)16)10(14)12-3-5-15-6-4-12/h7-8,16H,3-6H2,1-2H3,(H,11,13). The van der Waals surface area contributed by atoms with Crippen molar-refractivity contribution in [2.75, 3.05) is 26.3 Å². The summed E-state index contributed by atoms with van der Waals surface area (Å²) in [6, 6.07) is -0.500. The highest BCUT2D eigenvalue weighted by molar-refractivity contribution is 7.81. The second-order valence-electron chi connectivity index (χ2n) is 3.84. The minimum Gasteiger partial charge on any atom is -0.378 e. The quantitative estimate of drug-likeness (QED) is 0.670. The lowest BCUT2D eigenvalue weighted by Crippen LogP contribution is -2.51. The van der Waals surface area contributed by atoms with Gasteiger partial charge in [-0.05, 0) is 13.8 Å². The number of thiol groups is 1. The van der Waals surface area contributed by atoms with Gasteiger partial charge < -0.3 is 15.0 Å². The maximum absolute atomic E-state index is 11.9. The fourth-order valence-electron chi connectivity index (χ4n) is 1.45. The molecule has 1 aliphatic rings. The van der Waals surface area contributed by atoms with E-state index in [2.05, 4.69) is 17.9 Å². The number of hydrogen-bond donors (Lipinski definition) is 2. The summed E-state index contributed by atoms with van der Waals surface area (Å²) in [6.45, 7) is 5.67. The molecule has 2 unspecified atom stereocenters. The molecule has 0 aromatic carbocycles. The first-order valence-corrected chi connectivity index (χ1v) is 5.89. The topological polar surface area (TPSA) is 58.6 Å². The van der Waals surface area contributed by atoms with Crippen molar-refractivity contribution in [3.8, 4) is 0 Å². The second-order valence-corrected chi connectivity index (χ2v) is 4.62. The van der Waals surface area contributed by atoms with Gasteiger partial charge in [0.15, 0.2) is 0 Å². The van der Waals surface area contributed by atoms with E-state index >= 15 is 0 Å². The third kappa shape index (κ3) is 3.68. The van der Waals surface area contributed by atoms with Gasteiger partial charge in [-0.25, -0.2) is 0 Å². The summed E-state index contributed by atoms with van der Waals surface area (Å²) in [5.41, 5.74) is 0. The fraction of sp³-hybridized carbons (Fsp3) is 0.800. The maximum atomic E-state index is 11.9. The highest BCUT2D eigenvalue weighted by Crippen LogP contribution is 2.01. The predicted molar refractivity (Wildman–Crippen MR) is 63.5 cm³/mol. The van der Waals surface area contributed by atoms with Crippen molar-refractivity contribution in [2.24, 2.45) is 0 Å². The van der Waals surface area contributed by atoms with E-state index in [0.29, 0.717) is 26.3 Å². The predicted octanol–water partition coefficient (Wildman–Crippen LogP) is -0.332. The van der Waals surface area contributed by atoms with Gasteiger partial charge in [-0.1, -0.05) is 0 Å². The normalized spacial score (nSPS) is 20.1. The van der Waals surface area contributed by atoms with Gasteiger partial charge >= 0.3 is 0 Å². The minimum absolute atomic E-state index is 0.0642. The molecule has 0 aliphatic carbocycles. The van der Waals surface area contributed by atoms with E-state index in [-0.39, 0.29) is 11.8 Å². The van der Waals surface area contributed by atoms with E-state index in [4.69, 9.17) is 4.74 Å². The van der Waals surface area contributed by atoms with Gasteiger partial charge in [0.1, 0.15) is 6.04 Å². The summed E-state index contributed by atoms with van der Waals surface area (Å²) in [6.07, 6.45) is 0. The van der Waals surface area contributed by atoms with Gasteiger partial charge in [0.05, 0.1) is 18.5 Å². The molecule has 0 aromatic heterocycles. The average Bonchev–Trinajstić information content (AvgIpc) is 2.28. The molecule has 5 nitrogen and oxygen atoms in total. The van der Waals surface area contributed by atoms with Crippen molar-refractivity contribution < 1.29 is 14.3 Å². The van der Waals surface area contributed by atoms with Crippen molar-refractivity contribution in [1.82, 2.24) is 10.2 Å². The maximum Gasteiger partial charge on any atom is 0.245 e. The second kappa shape index (κ2) is 6.10. The molecular formula is C10H18N2O3S. The van der Waals surface area contributed by atoms with Gasteiger partial charge in [0, 0.05) is 13.1 Å². The summed E-state index contributed by atoms with van der Waals surface area (Å²) in [7, 11) is 0. The summed E-state index contributed by atoms with van der Waals surface area (Å²) in [4.78, 5) is 25.0. The number of ether oxygens (including phenoxy) is 1. The third-order valence-corrected chi connectivity index (χ3v) is 2.67. The molecule has 0 bridgehead atoms. The number of rotatable bonds is 3. The highest BCUT2D eigenvalue weighted by atomic mass is 32.1. The molecule has 16 heavy (non-hydrogen) atoms. The Morgan fingerprint density at radius 2 is 1.88 bits per heavy atom. The smallest absolute Gasteiger partial charge is 0.245 e. The minimum atomic E-state index is -0.500. The Morgan fingerprint density at radius 1 is 1.31 bits per heavy atom. The Bertz CT molecular complexity index is 265.